The van der Waals surface area contributed by atoms with Gasteiger partial charge in [-0.15, -0.1) is 0 Å². The second-order valence-electron chi connectivity index (χ2n) is 6.61. The number of carbonyl (C=O) groups excluding carboxylic acids is 2. The summed E-state index contributed by atoms with van der Waals surface area (Å²) in [5.41, 5.74) is 1.76. The zero-order valence-electron chi connectivity index (χ0n) is 16.4. The number of carbonyl (C=O) groups is 2. The Kier molecular flexibility index (Phi) is 6.67. The highest BCUT2D eigenvalue weighted by Gasteiger charge is 2.15. The molecule has 2 rings (SSSR count). The number of hydrazine groups is 1. The number of nitrogens with one attached hydrogen (secondary N) is 3. The first-order valence-electron chi connectivity index (χ1n) is 8.69. The molecular formula is C19H25N7O2. The van der Waals surface area contributed by atoms with Gasteiger partial charge in [-0.3, -0.25) is 19.7 Å². The number of likely N-dealkylation sites (N-methyl/N-ethyl adjacent to an activating group) is 1. The molecule has 2 aromatic rings. The summed E-state index contributed by atoms with van der Waals surface area (Å²) < 4.78 is 1.43. The summed E-state index contributed by atoms with van der Waals surface area (Å²) in [4.78, 5) is 24.6. The van der Waals surface area contributed by atoms with Crippen molar-refractivity contribution in [3.63, 3.8) is 0 Å². The summed E-state index contributed by atoms with van der Waals surface area (Å²) in [5.74, 6) is 5.10. The molecule has 0 atom stereocenters. The van der Waals surface area contributed by atoms with Gasteiger partial charge < -0.3 is 15.6 Å². The van der Waals surface area contributed by atoms with Crippen LogP contribution in [0.5, 0.6) is 0 Å². The van der Waals surface area contributed by atoms with Crippen LogP contribution >= 0.6 is 0 Å². The minimum atomic E-state index is -0.420. The van der Waals surface area contributed by atoms with E-state index in [0.717, 1.165) is 0 Å². The van der Waals surface area contributed by atoms with Crippen LogP contribution in [0.25, 0.3) is 0 Å². The first kappa shape index (κ1) is 20.8. The molecule has 0 saturated heterocycles. The van der Waals surface area contributed by atoms with Crippen molar-refractivity contribution >= 4 is 23.3 Å². The van der Waals surface area contributed by atoms with Gasteiger partial charge in [0, 0.05) is 31.5 Å². The van der Waals surface area contributed by atoms with Crippen LogP contribution in [0.3, 0.4) is 0 Å². The fraction of sp³-hybridized carbons (Fsp3) is 0.263. The minimum Gasteiger partial charge on any atom is -0.321 e. The third-order valence-electron chi connectivity index (χ3n) is 3.83. The van der Waals surface area contributed by atoms with Crippen molar-refractivity contribution in [2.75, 3.05) is 12.4 Å². The highest BCUT2D eigenvalue weighted by atomic mass is 16.2. The smallest absolute Gasteiger partial charge is 0.275 e. The lowest BCUT2D eigenvalue weighted by Crippen LogP contribution is -2.33. The van der Waals surface area contributed by atoms with E-state index in [1.165, 1.54) is 15.9 Å². The van der Waals surface area contributed by atoms with Crippen molar-refractivity contribution in [2.24, 2.45) is 18.8 Å². The van der Waals surface area contributed by atoms with E-state index in [0.29, 0.717) is 22.6 Å². The molecule has 1 aromatic heterocycles. The fourth-order valence-corrected chi connectivity index (χ4v) is 2.43. The molecule has 9 nitrogen and oxygen atoms in total. The average molecular weight is 383 g/mol. The van der Waals surface area contributed by atoms with Gasteiger partial charge in [0.15, 0.2) is 0 Å². The van der Waals surface area contributed by atoms with E-state index < -0.39 is 5.91 Å². The van der Waals surface area contributed by atoms with E-state index in [1.807, 2.05) is 13.8 Å². The largest absolute Gasteiger partial charge is 0.321 e. The highest BCUT2D eigenvalue weighted by Crippen LogP contribution is 2.13. The molecule has 0 aliphatic heterocycles. The van der Waals surface area contributed by atoms with Gasteiger partial charge in [-0.25, -0.2) is 5.84 Å². The molecule has 5 N–H and O–H groups in total. The number of aromatic nitrogens is 2. The highest BCUT2D eigenvalue weighted by molar-refractivity contribution is 6.11. The number of amides is 2. The molecular weight excluding hydrogens is 358 g/mol. The Morgan fingerprint density at radius 1 is 1.25 bits per heavy atom. The number of anilines is 1. The summed E-state index contributed by atoms with van der Waals surface area (Å²) in [6.07, 6.45) is 3.28. The quantitative estimate of drug-likeness (QED) is 0.197. The molecule has 9 heteroatoms. The van der Waals surface area contributed by atoms with Crippen molar-refractivity contribution in [3.05, 3.63) is 59.6 Å². The predicted molar refractivity (Wildman–Crippen MR) is 107 cm³/mol. The maximum absolute atomic E-state index is 12.4. The number of aryl methyl sites for hydroxylation is 1. The van der Waals surface area contributed by atoms with Gasteiger partial charge in [0.1, 0.15) is 17.2 Å². The normalized spacial score (nSPS) is 11.3. The number of amidine groups is 1. The van der Waals surface area contributed by atoms with Crippen LogP contribution in [0.2, 0.25) is 0 Å². The van der Waals surface area contributed by atoms with Gasteiger partial charge in [-0.05, 0) is 36.2 Å². The molecule has 0 aliphatic carbocycles. The van der Waals surface area contributed by atoms with E-state index in [9.17, 15) is 9.59 Å². The van der Waals surface area contributed by atoms with Gasteiger partial charge in [-0.1, -0.05) is 19.9 Å². The van der Waals surface area contributed by atoms with Crippen molar-refractivity contribution < 1.29 is 9.59 Å². The summed E-state index contributed by atoms with van der Waals surface area (Å²) in [7, 11) is 3.25. The van der Waals surface area contributed by atoms with Crippen LogP contribution in [-0.2, 0) is 11.8 Å². The van der Waals surface area contributed by atoms with Crippen LogP contribution in [0.15, 0.2) is 48.3 Å². The van der Waals surface area contributed by atoms with Gasteiger partial charge in [0.05, 0.1) is 0 Å². The molecule has 0 bridgehead atoms. The topological polar surface area (TPSA) is 129 Å². The van der Waals surface area contributed by atoms with E-state index in [2.05, 4.69) is 15.7 Å². The Hall–Kier alpha value is -3.46. The van der Waals surface area contributed by atoms with Gasteiger partial charge in [-0.2, -0.15) is 5.10 Å². The monoisotopic (exact) mass is 383 g/mol. The van der Waals surface area contributed by atoms with Gasteiger partial charge >= 0.3 is 0 Å². The zero-order valence-corrected chi connectivity index (χ0v) is 16.4. The Bertz CT molecular complexity index is 895. The van der Waals surface area contributed by atoms with Crippen molar-refractivity contribution in [3.8, 4) is 0 Å². The Morgan fingerprint density at radius 3 is 2.39 bits per heavy atom. The number of hydrogen-bond acceptors (Lipinski definition) is 6. The van der Waals surface area contributed by atoms with E-state index in [-0.39, 0.29) is 17.7 Å². The number of rotatable bonds is 6. The molecule has 148 valence electrons. The van der Waals surface area contributed by atoms with E-state index >= 15 is 0 Å². The first-order valence-corrected chi connectivity index (χ1v) is 8.69. The van der Waals surface area contributed by atoms with Crippen molar-refractivity contribution in [1.82, 2.24) is 20.1 Å². The van der Waals surface area contributed by atoms with E-state index in [1.54, 1.807) is 50.5 Å². The number of nitrogens with two attached hydrogens (primary N) is 1. The van der Waals surface area contributed by atoms with Gasteiger partial charge in [0.2, 0.25) is 0 Å². The first-order chi connectivity index (χ1) is 13.2. The van der Waals surface area contributed by atoms with Crippen LogP contribution in [0, 0.1) is 11.3 Å². The molecule has 0 saturated carbocycles. The maximum atomic E-state index is 12.4. The molecule has 0 radical (unpaired) electrons. The SMILES string of the molecule is CC(C)/C=C(/C(=O)Nc1ccc(C(=N)NC(=O)c2ccnn2C)cc1)N(C)N. The Labute approximate surface area is 163 Å². The lowest BCUT2D eigenvalue weighted by atomic mass is 10.1. The molecule has 0 spiro atoms. The molecule has 0 fully saturated rings. The molecule has 2 amide bonds. The number of nitrogens with zero attached hydrogens (tertiary/aromatic N) is 3. The van der Waals surface area contributed by atoms with Crippen molar-refractivity contribution in [2.45, 2.75) is 13.8 Å². The van der Waals surface area contributed by atoms with Gasteiger partial charge in [0.25, 0.3) is 11.8 Å². The van der Waals surface area contributed by atoms with E-state index in [4.69, 9.17) is 11.3 Å². The zero-order chi connectivity index (χ0) is 20.8. The summed E-state index contributed by atoms with van der Waals surface area (Å²) >= 11 is 0. The van der Waals surface area contributed by atoms with Crippen LogP contribution < -0.4 is 16.5 Å². The Balaban J connectivity index is 2.04. The maximum Gasteiger partial charge on any atom is 0.275 e. The minimum absolute atomic E-state index is 0.0499. The lowest BCUT2D eigenvalue weighted by molar-refractivity contribution is -0.114. The molecule has 1 aromatic carbocycles. The second kappa shape index (κ2) is 8.96. The molecule has 28 heavy (non-hydrogen) atoms. The standard InChI is InChI=1S/C19H25N7O2/c1-12(2)11-16(25(3)21)19(28)23-14-7-5-13(6-8-14)17(20)24-18(27)15-9-10-22-26(15)4/h5-12H,21H2,1-4H3,(H,23,28)(H2,20,24,27)/b16-11-. The lowest BCUT2D eigenvalue weighted by Gasteiger charge is -2.17. The number of allylic oxidation sites excluding steroid dienone is 1. The van der Waals surface area contributed by atoms with Crippen LogP contribution in [0.1, 0.15) is 29.9 Å². The molecule has 0 unspecified atom stereocenters. The van der Waals surface area contributed by atoms with Crippen LogP contribution in [0.4, 0.5) is 5.69 Å². The van der Waals surface area contributed by atoms with Crippen LogP contribution in [-0.4, -0.2) is 39.5 Å². The van der Waals surface area contributed by atoms with Crippen molar-refractivity contribution in [1.29, 1.82) is 5.41 Å². The predicted octanol–water partition coefficient (Wildman–Crippen LogP) is 1.46. The summed E-state index contributed by atoms with van der Waals surface area (Å²) in [6.45, 7) is 3.91. The Morgan fingerprint density at radius 2 is 1.89 bits per heavy atom. The second-order valence-corrected chi connectivity index (χ2v) is 6.61. The fourth-order valence-electron chi connectivity index (χ4n) is 2.43. The molecule has 0 aliphatic rings. The third-order valence-corrected chi connectivity index (χ3v) is 3.83. The molecule has 1 heterocycles. The third kappa shape index (κ3) is 5.27. The summed E-state index contributed by atoms with van der Waals surface area (Å²) in [6, 6.07) is 8.15. The summed E-state index contributed by atoms with van der Waals surface area (Å²) in [5, 5.41) is 18.6. The number of hydrogen-bond donors (Lipinski definition) is 4. The average Bonchev–Trinajstić information content (AvgIpc) is 3.05. The number of benzene rings is 1.